The molecule has 0 saturated heterocycles. The molecule has 0 aliphatic rings. The molecule has 0 fully saturated rings. The molecule has 8 aromatic carbocycles. The number of nitrogens with zero attached hydrogens (tertiary/aromatic N) is 2. The summed E-state index contributed by atoms with van der Waals surface area (Å²) in [4.78, 5) is 9.77. The summed E-state index contributed by atoms with van der Waals surface area (Å²) >= 11 is 0. The first-order valence-corrected chi connectivity index (χ1v) is 17.6. The van der Waals surface area contributed by atoms with Crippen LogP contribution in [0.15, 0.2) is 193 Å². The number of benzene rings is 8. The summed E-state index contributed by atoms with van der Waals surface area (Å²) in [5.74, 6) is 0. The quantitative estimate of drug-likeness (QED) is 0.105. The van der Waals surface area contributed by atoms with E-state index in [0.29, 0.717) is 12.2 Å². The molecule has 0 atom stereocenters. The van der Waals surface area contributed by atoms with Crippen molar-refractivity contribution in [1.82, 2.24) is 4.98 Å². The zero-order valence-corrected chi connectivity index (χ0v) is 28.6. The van der Waals surface area contributed by atoms with Gasteiger partial charge in [0.05, 0.1) is 17.8 Å². The molecule has 52 heavy (non-hydrogen) atoms. The van der Waals surface area contributed by atoms with Crippen LogP contribution in [0, 0.1) is 0 Å². The van der Waals surface area contributed by atoms with Gasteiger partial charge >= 0.3 is 0 Å². The maximum Gasteiger partial charge on any atom is 0.0780 e. The number of hydrogen-bond donors (Lipinski definition) is 1. The Morgan fingerprint density at radius 1 is 0.519 bits per heavy atom. The fourth-order valence-corrected chi connectivity index (χ4v) is 7.33. The lowest BCUT2D eigenvalue weighted by Crippen LogP contribution is -2.04. The number of aliphatic imine (C=N–C) groups is 1. The van der Waals surface area contributed by atoms with Crippen LogP contribution in [0.25, 0.3) is 71.2 Å². The largest absolute Gasteiger partial charge is 0.398 e. The molecular weight excluding hydrogens is 631 g/mol. The minimum atomic E-state index is 0.551. The normalized spacial score (nSPS) is 12.2. The van der Waals surface area contributed by atoms with E-state index in [1.54, 1.807) is 0 Å². The summed E-state index contributed by atoms with van der Waals surface area (Å²) in [7, 11) is 0. The Hall–Kier alpha value is -6.84. The summed E-state index contributed by atoms with van der Waals surface area (Å²) in [5, 5.41) is 8.61. The fraction of sp³-hybridized carbons (Fsp3) is 0.0204. The van der Waals surface area contributed by atoms with E-state index in [4.69, 9.17) is 10.7 Å². The monoisotopic (exact) mass is 665 g/mol. The standard InChI is InChI=1S/C49H35N3/c50-46(36-21-19-35(20-22-36)43-18-8-14-39-15-9-29-51-49(39)43)31-47(52-32-33-10-2-1-3-11-33)37-23-25-38(26-24-37)48-42-17-7-5-13-40(42)30-45-41-16-6-4-12-34(41)27-28-44(45)48/h1-31H,32,50H2/b46-31-,52-47?. The molecule has 9 rings (SSSR count). The third-order valence-electron chi connectivity index (χ3n) is 9.97. The summed E-state index contributed by atoms with van der Waals surface area (Å²) in [6.07, 6.45) is 3.85. The van der Waals surface area contributed by atoms with Crippen molar-refractivity contribution in [3.63, 3.8) is 0 Å². The lowest BCUT2D eigenvalue weighted by atomic mass is 9.89. The van der Waals surface area contributed by atoms with Crippen LogP contribution in [0.1, 0.15) is 16.7 Å². The predicted molar refractivity (Wildman–Crippen MR) is 220 cm³/mol. The lowest BCUT2D eigenvalue weighted by Gasteiger charge is -2.15. The molecule has 2 N–H and O–H groups in total. The number of rotatable bonds is 7. The highest BCUT2D eigenvalue weighted by molar-refractivity contribution is 6.20. The number of fused-ring (bicyclic) bond motifs is 5. The van der Waals surface area contributed by atoms with Gasteiger partial charge in [0.25, 0.3) is 0 Å². The van der Waals surface area contributed by atoms with Gasteiger partial charge in [-0.3, -0.25) is 9.98 Å². The second kappa shape index (κ2) is 13.5. The molecule has 0 radical (unpaired) electrons. The smallest absolute Gasteiger partial charge is 0.0780 e. The van der Waals surface area contributed by atoms with Crippen LogP contribution in [0.2, 0.25) is 0 Å². The molecule has 0 aliphatic carbocycles. The zero-order chi connectivity index (χ0) is 34.9. The Morgan fingerprint density at radius 3 is 2.02 bits per heavy atom. The van der Waals surface area contributed by atoms with Gasteiger partial charge in [0, 0.05) is 22.8 Å². The van der Waals surface area contributed by atoms with E-state index in [2.05, 4.69) is 157 Å². The molecule has 3 heteroatoms. The number of aromatic nitrogens is 1. The number of hydrogen-bond acceptors (Lipinski definition) is 3. The average Bonchev–Trinajstić information content (AvgIpc) is 3.21. The Bertz CT molecular complexity index is 2790. The van der Waals surface area contributed by atoms with E-state index >= 15 is 0 Å². The molecule has 0 spiro atoms. The van der Waals surface area contributed by atoms with Crippen LogP contribution in [-0.2, 0) is 6.54 Å². The molecular formula is C49H35N3. The Balaban J connectivity index is 1.10. The highest BCUT2D eigenvalue weighted by Crippen LogP contribution is 2.39. The molecule has 0 saturated carbocycles. The van der Waals surface area contributed by atoms with Gasteiger partial charge in [-0.05, 0) is 83.9 Å². The van der Waals surface area contributed by atoms with Crippen LogP contribution >= 0.6 is 0 Å². The first kappa shape index (κ1) is 31.2. The minimum absolute atomic E-state index is 0.551. The summed E-state index contributed by atoms with van der Waals surface area (Å²) in [5.41, 5.74) is 17.0. The van der Waals surface area contributed by atoms with Crippen LogP contribution < -0.4 is 5.73 Å². The molecule has 0 unspecified atom stereocenters. The maximum absolute atomic E-state index is 6.84. The van der Waals surface area contributed by atoms with Crippen molar-refractivity contribution in [2.24, 2.45) is 10.7 Å². The van der Waals surface area contributed by atoms with Gasteiger partial charge in [-0.1, -0.05) is 164 Å². The van der Waals surface area contributed by atoms with Gasteiger partial charge in [0.1, 0.15) is 0 Å². The van der Waals surface area contributed by atoms with Crippen molar-refractivity contribution >= 4 is 54.6 Å². The van der Waals surface area contributed by atoms with Crippen molar-refractivity contribution in [2.75, 3.05) is 0 Å². The van der Waals surface area contributed by atoms with Crippen LogP contribution in [-0.4, -0.2) is 10.7 Å². The molecule has 1 heterocycles. The molecule has 1 aromatic heterocycles. The summed E-state index contributed by atoms with van der Waals surface area (Å²) in [6.45, 7) is 0.551. The van der Waals surface area contributed by atoms with E-state index in [0.717, 1.165) is 44.4 Å². The molecule has 0 bridgehead atoms. The Labute approximate surface area is 303 Å². The van der Waals surface area contributed by atoms with Crippen molar-refractivity contribution in [1.29, 1.82) is 0 Å². The van der Waals surface area contributed by atoms with Gasteiger partial charge in [-0.2, -0.15) is 0 Å². The van der Waals surface area contributed by atoms with Gasteiger partial charge in [0.2, 0.25) is 0 Å². The minimum Gasteiger partial charge on any atom is -0.398 e. The molecule has 0 aliphatic heterocycles. The molecule has 3 nitrogen and oxygen atoms in total. The fourth-order valence-electron chi connectivity index (χ4n) is 7.33. The summed E-state index contributed by atoms with van der Waals surface area (Å²) < 4.78 is 0. The maximum atomic E-state index is 6.84. The van der Waals surface area contributed by atoms with E-state index in [9.17, 15) is 0 Å². The highest BCUT2D eigenvalue weighted by Gasteiger charge is 2.13. The molecule has 246 valence electrons. The van der Waals surface area contributed by atoms with Crippen molar-refractivity contribution in [3.05, 3.63) is 205 Å². The Morgan fingerprint density at radius 2 is 1.19 bits per heavy atom. The van der Waals surface area contributed by atoms with Gasteiger partial charge < -0.3 is 5.73 Å². The number of nitrogens with two attached hydrogens (primary N) is 1. The van der Waals surface area contributed by atoms with E-state index in [1.807, 2.05) is 36.5 Å². The Kier molecular flexibility index (Phi) is 8.07. The van der Waals surface area contributed by atoms with E-state index in [-0.39, 0.29) is 0 Å². The predicted octanol–water partition coefficient (Wildman–Crippen LogP) is 12.0. The van der Waals surface area contributed by atoms with E-state index < -0.39 is 0 Å². The number of pyridine rings is 1. The number of allylic oxidation sites excluding steroid dienone is 1. The van der Waals surface area contributed by atoms with Gasteiger partial charge in [-0.15, -0.1) is 0 Å². The zero-order valence-electron chi connectivity index (χ0n) is 28.6. The lowest BCUT2D eigenvalue weighted by molar-refractivity contribution is 1.07. The second-order valence-corrected chi connectivity index (χ2v) is 13.2. The van der Waals surface area contributed by atoms with Gasteiger partial charge in [-0.25, -0.2) is 0 Å². The van der Waals surface area contributed by atoms with Crippen LogP contribution in [0.3, 0.4) is 0 Å². The third kappa shape index (κ3) is 5.89. The first-order chi connectivity index (χ1) is 25.7. The summed E-state index contributed by atoms with van der Waals surface area (Å²) in [6, 6.07) is 62.0. The van der Waals surface area contributed by atoms with Crippen LogP contribution in [0.4, 0.5) is 0 Å². The topological polar surface area (TPSA) is 51.3 Å². The molecule has 9 aromatic rings. The van der Waals surface area contributed by atoms with Crippen molar-refractivity contribution < 1.29 is 0 Å². The highest BCUT2D eigenvalue weighted by atomic mass is 14.7. The first-order valence-electron chi connectivity index (χ1n) is 17.6. The average molecular weight is 666 g/mol. The third-order valence-corrected chi connectivity index (χ3v) is 9.97. The number of para-hydroxylation sites is 1. The SMILES string of the molecule is N/C(=C\C(=NCc1ccccc1)c1ccc(-c2c3ccccc3cc3c2ccc2ccccc23)cc1)c1ccc(-c2cccc3cccnc23)cc1. The van der Waals surface area contributed by atoms with E-state index in [1.165, 1.54) is 43.4 Å². The van der Waals surface area contributed by atoms with Crippen LogP contribution in [0.5, 0.6) is 0 Å². The second-order valence-electron chi connectivity index (χ2n) is 13.2. The van der Waals surface area contributed by atoms with Crippen molar-refractivity contribution in [2.45, 2.75) is 6.54 Å². The van der Waals surface area contributed by atoms with Crippen molar-refractivity contribution in [3.8, 4) is 22.3 Å². The van der Waals surface area contributed by atoms with Gasteiger partial charge in [0.15, 0.2) is 0 Å². The molecule has 0 amide bonds.